The molecule has 0 fully saturated rings. The maximum absolute atomic E-state index is 9.57. The van der Waals surface area contributed by atoms with Gasteiger partial charge in [-0.2, -0.15) is 0 Å². The molecule has 0 aromatic carbocycles. The Bertz CT molecular complexity index is 162. The zero-order chi connectivity index (χ0) is 8.48. The monoisotopic (exact) mass is 154 g/mol. The van der Waals surface area contributed by atoms with Crippen LogP contribution in [0.1, 0.15) is 40.0 Å². The Morgan fingerprint density at radius 2 is 2.09 bits per heavy atom. The summed E-state index contributed by atoms with van der Waals surface area (Å²) >= 11 is 0. The molecular formula is C10H18O. The van der Waals surface area contributed by atoms with E-state index in [4.69, 9.17) is 0 Å². The molecule has 1 atom stereocenters. The van der Waals surface area contributed by atoms with E-state index in [2.05, 4.69) is 20.8 Å². The predicted molar refractivity (Wildman–Crippen MR) is 47.5 cm³/mol. The molecule has 1 heteroatoms. The SMILES string of the molecule is CC(C)(C)[C@H]1CCCC=C1O. The summed E-state index contributed by atoms with van der Waals surface area (Å²) in [5, 5.41) is 9.57. The highest BCUT2D eigenvalue weighted by molar-refractivity contribution is 5.04. The van der Waals surface area contributed by atoms with Crippen molar-refractivity contribution in [3.8, 4) is 0 Å². The molecule has 0 saturated carbocycles. The molecule has 1 nitrogen and oxygen atoms in total. The molecular weight excluding hydrogens is 136 g/mol. The van der Waals surface area contributed by atoms with Crippen LogP contribution in [0, 0.1) is 11.3 Å². The van der Waals surface area contributed by atoms with Gasteiger partial charge < -0.3 is 5.11 Å². The molecule has 0 aromatic rings. The first-order chi connectivity index (χ1) is 5.02. The summed E-state index contributed by atoms with van der Waals surface area (Å²) < 4.78 is 0. The molecule has 11 heavy (non-hydrogen) atoms. The molecule has 0 aromatic heterocycles. The van der Waals surface area contributed by atoms with Crippen molar-refractivity contribution in [2.24, 2.45) is 11.3 Å². The number of rotatable bonds is 0. The van der Waals surface area contributed by atoms with Crippen molar-refractivity contribution < 1.29 is 5.11 Å². The molecule has 0 spiro atoms. The maximum Gasteiger partial charge on any atom is 0.0918 e. The Morgan fingerprint density at radius 3 is 2.45 bits per heavy atom. The molecule has 0 saturated heterocycles. The fourth-order valence-electron chi connectivity index (χ4n) is 1.74. The second-order valence-electron chi connectivity index (χ2n) is 4.48. The van der Waals surface area contributed by atoms with Crippen molar-refractivity contribution in [3.63, 3.8) is 0 Å². The number of aliphatic hydroxyl groups is 1. The third kappa shape index (κ3) is 1.98. The second kappa shape index (κ2) is 2.88. The Morgan fingerprint density at radius 1 is 1.45 bits per heavy atom. The maximum atomic E-state index is 9.57. The van der Waals surface area contributed by atoms with Crippen LogP contribution in [0.3, 0.4) is 0 Å². The van der Waals surface area contributed by atoms with Crippen molar-refractivity contribution in [1.82, 2.24) is 0 Å². The van der Waals surface area contributed by atoms with Crippen LogP contribution in [-0.4, -0.2) is 5.11 Å². The lowest BCUT2D eigenvalue weighted by molar-refractivity contribution is 0.178. The van der Waals surface area contributed by atoms with Gasteiger partial charge in [-0.15, -0.1) is 0 Å². The molecule has 1 aliphatic carbocycles. The molecule has 64 valence electrons. The lowest BCUT2D eigenvalue weighted by atomic mass is 9.74. The van der Waals surface area contributed by atoms with Gasteiger partial charge in [-0.05, 0) is 30.8 Å². The summed E-state index contributed by atoms with van der Waals surface area (Å²) in [4.78, 5) is 0. The van der Waals surface area contributed by atoms with Gasteiger partial charge in [0.2, 0.25) is 0 Å². The number of aliphatic hydroxyl groups excluding tert-OH is 1. The van der Waals surface area contributed by atoms with Crippen LogP contribution >= 0.6 is 0 Å². The average molecular weight is 154 g/mol. The zero-order valence-corrected chi connectivity index (χ0v) is 7.72. The summed E-state index contributed by atoms with van der Waals surface area (Å²) in [7, 11) is 0. The van der Waals surface area contributed by atoms with Gasteiger partial charge in [-0.25, -0.2) is 0 Å². The van der Waals surface area contributed by atoms with E-state index in [0.717, 1.165) is 12.8 Å². The third-order valence-electron chi connectivity index (χ3n) is 2.45. The topological polar surface area (TPSA) is 20.2 Å². The third-order valence-corrected chi connectivity index (χ3v) is 2.45. The first kappa shape index (κ1) is 8.63. The molecule has 0 bridgehead atoms. The minimum Gasteiger partial charge on any atom is -0.512 e. The Labute approximate surface area is 69.1 Å². The Hall–Kier alpha value is -0.460. The standard InChI is InChI=1S/C10H18O/c1-10(2,3)8-6-4-5-7-9(8)11/h7-8,11H,4-6H2,1-3H3/t8-/m0/s1. The average Bonchev–Trinajstić information content (AvgIpc) is 1.86. The van der Waals surface area contributed by atoms with Crippen LogP contribution in [0.25, 0.3) is 0 Å². The highest BCUT2D eigenvalue weighted by Crippen LogP contribution is 2.37. The highest BCUT2D eigenvalue weighted by atomic mass is 16.3. The smallest absolute Gasteiger partial charge is 0.0918 e. The predicted octanol–water partition coefficient (Wildman–Crippen LogP) is 3.27. The summed E-state index contributed by atoms with van der Waals surface area (Å²) in [6, 6.07) is 0. The number of hydrogen-bond donors (Lipinski definition) is 1. The molecule has 0 heterocycles. The van der Waals surface area contributed by atoms with Gasteiger partial charge in [0, 0.05) is 5.92 Å². The van der Waals surface area contributed by atoms with Crippen molar-refractivity contribution in [1.29, 1.82) is 0 Å². The minimum atomic E-state index is 0.223. The van der Waals surface area contributed by atoms with E-state index in [0.29, 0.717) is 11.7 Å². The van der Waals surface area contributed by atoms with Gasteiger partial charge >= 0.3 is 0 Å². The van der Waals surface area contributed by atoms with Gasteiger partial charge in [-0.1, -0.05) is 20.8 Å². The fourth-order valence-corrected chi connectivity index (χ4v) is 1.74. The zero-order valence-electron chi connectivity index (χ0n) is 7.72. The van der Waals surface area contributed by atoms with Crippen molar-refractivity contribution in [3.05, 3.63) is 11.8 Å². The van der Waals surface area contributed by atoms with E-state index in [1.165, 1.54) is 6.42 Å². The van der Waals surface area contributed by atoms with Gasteiger partial charge in [0.1, 0.15) is 0 Å². The van der Waals surface area contributed by atoms with Crippen LogP contribution in [0.5, 0.6) is 0 Å². The van der Waals surface area contributed by atoms with E-state index in [1.807, 2.05) is 6.08 Å². The van der Waals surface area contributed by atoms with Crippen LogP contribution in [-0.2, 0) is 0 Å². The van der Waals surface area contributed by atoms with Crippen LogP contribution in [0.2, 0.25) is 0 Å². The summed E-state index contributed by atoms with van der Waals surface area (Å²) in [5.41, 5.74) is 0.223. The molecule has 1 rings (SSSR count). The van der Waals surface area contributed by atoms with Gasteiger partial charge in [0.05, 0.1) is 5.76 Å². The molecule has 0 radical (unpaired) electrons. The molecule has 0 aliphatic heterocycles. The van der Waals surface area contributed by atoms with Crippen LogP contribution < -0.4 is 0 Å². The number of allylic oxidation sites excluding steroid dienone is 2. The van der Waals surface area contributed by atoms with E-state index < -0.39 is 0 Å². The van der Waals surface area contributed by atoms with E-state index in [1.54, 1.807) is 0 Å². The normalized spacial score (nSPS) is 26.5. The van der Waals surface area contributed by atoms with Gasteiger partial charge in [0.25, 0.3) is 0 Å². The fraction of sp³-hybridized carbons (Fsp3) is 0.800. The second-order valence-corrected chi connectivity index (χ2v) is 4.48. The van der Waals surface area contributed by atoms with Crippen molar-refractivity contribution >= 4 is 0 Å². The Kier molecular flexibility index (Phi) is 2.26. The molecule has 0 unspecified atom stereocenters. The molecule has 1 N–H and O–H groups in total. The minimum absolute atomic E-state index is 0.223. The summed E-state index contributed by atoms with van der Waals surface area (Å²) in [5.74, 6) is 1.00. The van der Waals surface area contributed by atoms with Gasteiger partial charge in [0.15, 0.2) is 0 Å². The summed E-state index contributed by atoms with van der Waals surface area (Å²) in [6.07, 6.45) is 5.40. The van der Waals surface area contributed by atoms with E-state index in [-0.39, 0.29) is 5.41 Å². The molecule has 0 amide bonds. The number of hydrogen-bond acceptors (Lipinski definition) is 1. The van der Waals surface area contributed by atoms with Crippen LogP contribution in [0.15, 0.2) is 11.8 Å². The van der Waals surface area contributed by atoms with E-state index >= 15 is 0 Å². The lowest BCUT2D eigenvalue weighted by Gasteiger charge is -2.32. The highest BCUT2D eigenvalue weighted by Gasteiger charge is 2.28. The van der Waals surface area contributed by atoms with Gasteiger partial charge in [-0.3, -0.25) is 0 Å². The Balaban J connectivity index is 2.71. The lowest BCUT2D eigenvalue weighted by Crippen LogP contribution is -2.24. The van der Waals surface area contributed by atoms with Crippen LogP contribution in [0.4, 0.5) is 0 Å². The van der Waals surface area contributed by atoms with Crippen molar-refractivity contribution in [2.75, 3.05) is 0 Å². The quantitative estimate of drug-likeness (QED) is 0.567. The van der Waals surface area contributed by atoms with E-state index in [9.17, 15) is 5.11 Å². The largest absolute Gasteiger partial charge is 0.512 e. The van der Waals surface area contributed by atoms with Crippen molar-refractivity contribution in [2.45, 2.75) is 40.0 Å². The molecule has 1 aliphatic rings. The summed E-state index contributed by atoms with van der Waals surface area (Å²) in [6.45, 7) is 6.56. The first-order valence-electron chi connectivity index (χ1n) is 4.41. The first-order valence-corrected chi connectivity index (χ1v) is 4.41.